The van der Waals surface area contributed by atoms with Crippen LogP contribution in [0.2, 0.25) is 0 Å². The Bertz CT molecular complexity index is 222. The normalized spacial score (nSPS) is 29.9. The molecule has 15 heavy (non-hydrogen) atoms. The Labute approximate surface area is 92.8 Å². The molecule has 0 aromatic carbocycles. The van der Waals surface area contributed by atoms with E-state index in [0.717, 1.165) is 38.6 Å². The van der Waals surface area contributed by atoms with Gasteiger partial charge in [-0.15, -0.1) is 0 Å². The first-order valence-electron chi connectivity index (χ1n) is 5.70. The van der Waals surface area contributed by atoms with Crippen molar-refractivity contribution >= 4 is 6.29 Å². The van der Waals surface area contributed by atoms with E-state index in [2.05, 4.69) is 25.7 Å². The molecule has 1 fully saturated rings. The number of carbonyl (C=O) groups excluding carboxylic acids is 1. The molecule has 1 aliphatic heterocycles. The lowest BCUT2D eigenvalue weighted by Gasteiger charge is -2.35. The van der Waals surface area contributed by atoms with Gasteiger partial charge < -0.3 is 9.53 Å². The van der Waals surface area contributed by atoms with E-state index in [4.69, 9.17) is 4.74 Å². The zero-order valence-corrected chi connectivity index (χ0v) is 10.4. The maximum Gasteiger partial charge on any atom is 0.151 e. The summed E-state index contributed by atoms with van der Waals surface area (Å²) in [6, 6.07) is 0. The fraction of sp³-hybridized carbons (Fsp3) is 0.917. The van der Waals surface area contributed by atoms with Crippen LogP contribution in [0.3, 0.4) is 0 Å². The number of methoxy groups -OCH3 is 1. The summed E-state index contributed by atoms with van der Waals surface area (Å²) in [6.45, 7) is 8.65. The lowest BCUT2D eigenvalue weighted by Crippen LogP contribution is -2.43. The van der Waals surface area contributed by atoms with Gasteiger partial charge >= 0.3 is 0 Å². The molecule has 0 spiro atoms. The lowest BCUT2D eigenvalue weighted by molar-refractivity contribution is -0.129. The van der Waals surface area contributed by atoms with Crippen molar-refractivity contribution in [3.05, 3.63) is 0 Å². The van der Waals surface area contributed by atoms with Gasteiger partial charge in [-0.3, -0.25) is 4.90 Å². The van der Waals surface area contributed by atoms with E-state index in [9.17, 15) is 4.79 Å². The SMILES string of the molecule is COC1(C=O)CCCN(C(C)(C)C)CC1. The Hall–Kier alpha value is -0.410. The van der Waals surface area contributed by atoms with E-state index in [-0.39, 0.29) is 5.54 Å². The van der Waals surface area contributed by atoms with Crippen LogP contribution >= 0.6 is 0 Å². The number of hydrogen-bond acceptors (Lipinski definition) is 3. The second-order valence-electron chi connectivity index (χ2n) is 5.40. The Morgan fingerprint density at radius 1 is 1.27 bits per heavy atom. The predicted octanol–water partition coefficient (Wildman–Crippen LogP) is 1.85. The molecule has 1 heterocycles. The minimum Gasteiger partial charge on any atom is -0.371 e. The first kappa shape index (κ1) is 12.7. The third-order valence-electron chi connectivity index (χ3n) is 3.40. The standard InChI is InChI=1S/C12H23NO2/c1-11(2,3)13-8-5-6-12(10-14,15-4)7-9-13/h10H,5-9H2,1-4H3. The van der Waals surface area contributed by atoms with Gasteiger partial charge in [0.15, 0.2) is 6.29 Å². The molecular formula is C12H23NO2. The van der Waals surface area contributed by atoms with Crippen molar-refractivity contribution in [3.8, 4) is 0 Å². The van der Waals surface area contributed by atoms with Crippen molar-refractivity contribution in [2.45, 2.75) is 51.2 Å². The highest BCUT2D eigenvalue weighted by atomic mass is 16.5. The minimum atomic E-state index is -0.528. The van der Waals surface area contributed by atoms with Crippen LogP contribution in [0.15, 0.2) is 0 Å². The molecule has 0 aliphatic carbocycles. The molecule has 0 radical (unpaired) electrons. The molecule has 0 aromatic heterocycles. The number of ether oxygens (including phenoxy) is 1. The largest absolute Gasteiger partial charge is 0.371 e. The fourth-order valence-corrected chi connectivity index (χ4v) is 2.17. The van der Waals surface area contributed by atoms with Crippen LogP contribution in [0, 0.1) is 0 Å². The molecule has 1 saturated heterocycles. The van der Waals surface area contributed by atoms with Crippen molar-refractivity contribution in [3.63, 3.8) is 0 Å². The molecule has 1 rings (SSSR count). The van der Waals surface area contributed by atoms with Crippen LogP contribution in [0.1, 0.15) is 40.0 Å². The molecule has 1 atom stereocenters. The zero-order valence-electron chi connectivity index (χ0n) is 10.4. The highest BCUT2D eigenvalue weighted by molar-refractivity contribution is 5.62. The molecule has 0 aromatic rings. The molecular weight excluding hydrogens is 190 g/mol. The molecule has 0 bridgehead atoms. The molecule has 88 valence electrons. The van der Waals surface area contributed by atoms with Gasteiger partial charge in [0, 0.05) is 19.2 Å². The Balaban J connectivity index is 2.67. The number of likely N-dealkylation sites (tertiary alicyclic amines) is 1. The maximum atomic E-state index is 11.1. The highest BCUT2D eigenvalue weighted by Gasteiger charge is 2.34. The summed E-state index contributed by atoms with van der Waals surface area (Å²) in [5.74, 6) is 0. The lowest BCUT2D eigenvalue weighted by atomic mass is 9.96. The van der Waals surface area contributed by atoms with Crippen LogP contribution in [0.4, 0.5) is 0 Å². The van der Waals surface area contributed by atoms with E-state index in [1.165, 1.54) is 0 Å². The first-order chi connectivity index (χ1) is 6.93. The van der Waals surface area contributed by atoms with Crippen LogP contribution in [-0.4, -0.2) is 42.5 Å². The summed E-state index contributed by atoms with van der Waals surface area (Å²) in [5.41, 5.74) is -0.341. The van der Waals surface area contributed by atoms with Gasteiger partial charge in [0.2, 0.25) is 0 Å². The van der Waals surface area contributed by atoms with Gasteiger partial charge in [-0.05, 0) is 46.6 Å². The molecule has 3 heteroatoms. The number of rotatable bonds is 2. The Kier molecular flexibility index (Phi) is 3.90. The molecule has 1 aliphatic rings. The summed E-state index contributed by atoms with van der Waals surface area (Å²) < 4.78 is 5.37. The molecule has 0 saturated carbocycles. The van der Waals surface area contributed by atoms with Crippen LogP contribution in [0.25, 0.3) is 0 Å². The first-order valence-corrected chi connectivity index (χ1v) is 5.70. The van der Waals surface area contributed by atoms with E-state index >= 15 is 0 Å². The van der Waals surface area contributed by atoms with Gasteiger partial charge in [0.1, 0.15) is 5.60 Å². The third-order valence-corrected chi connectivity index (χ3v) is 3.40. The van der Waals surface area contributed by atoms with Crippen molar-refractivity contribution in [2.24, 2.45) is 0 Å². The van der Waals surface area contributed by atoms with E-state index in [1.807, 2.05) is 0 Å². The Morgan fingerprint density at radius 3 is 2.40 bits per heavy atom. The maximum absolute atomic E-state index is 11.1. The van der Waals surface area contributed by atoms with Gasteiger partial charge in [-0.2, -0.15) is 0 Å². The smallest absolute Gasteiger partial charge is 0.151 e. The van der Waals surface area contributed by atoms with E-state index in [0.29, 0.717) is 0 Å². The summed E-state index contributed by atoms with van der Waals surface area (Å²) in [6.07, 6.45) is 3.67. The second kappa shape index (κ2) is 4.62. The monoisotopic (exact) mass is 213 g/mol. The van der Waals surface area contributed by atoms with Crippen molar-refractivity contribution in [1.29, 1.82) is 0 Å². The predicted molar refractivity (Wildman–Crippen MR) is 61.0 cm³/mol. The van der Waals surface area contributed by atoms with Crippen LogP contribution in [0.5, 0.6) is 0 Å². The summed E-state index contributed by atoms with van der Waals surface area (Å²) in [5, 5.41) is 0. The zero-order chi connectivity index (χ0) is 11.5. The van der Waals surface area contributed by atoms with Gasteiger partial charge in [0.05, 0.1) is 0 Å². The topological polar surface area (TPSA) is 29.5 Å². The molecule has 3 nitrogen and oxygen atoms in total. The van der Waals surface area contributed by atoms with Crippen molar-refractivity contribution < 1.29 is 9.53 Å². The van der Waals surface area contributed by atoms with Crippen molar-refractivity contribution in [2.75, 3.05) is 20.2 Å². The quantitative estimate of drug-likeness (QED) is 0.656. The number of carbonyl (C=O) groups is 1. The number of hydrogen-bond donors (Lipinski definition) is 0. The van der Waals surface area contributed by atoms with Gasteiger partial charge in [0.25, 0.3) is 0 Å². The minimum absolute atomic E-state index is 0.187. The van der Waals surface area contributed by atoms with Crippen LogP contribution in [-0.2, 0) is 9.53 Å². The molecule has 1 unspecified atom stereocenters. The van der Waals surface area contributed by atoms with Crippen LogP contribution < -0.4 is 0 Å². The molecule has 0 amide bonds. The van der Waals surface area contributed by atoms with Crippen molar-refractivity contribution in [1.82, 2.24) is 4.90 Å². The van der Waals surface area contributed by atoms with Gasteiger partial charge in [-0.1, -0.05) is 0 Å². The number of nitrogens with zero attached hydrogens (tertiary/aromatic N) is 1. The third kappa shape index (κ3) is 3.02. The number of aldehydes is 1. The Morgan fingerprint density at radius 2 is 1.93 bits per heavy atom. The van der Waals surface area contributed by atoms with Gasteiger partial charge in [-0.25, -0.2) is 0 Å². The van der Waals surface area contributed by atoms with E-state index in [1.54, 1.807) is 7.11 Å². The van der Waals surface area contributed by atoms with E-state index < -0.39 is 5.60 Å². The highest BCUT2D eigenvalue weighted by Crippen LogP contribution is 2.27. The average Bonchev–Trinajstić information content (AvgIpc) is 2.39. The average molecular weight is 213 g/mol. The summed E-state index contributed by atoms with van der Waals surface area (Å²) in [7, 11) is 1.64. The molecule has 0 N–H and O–H groups in total. The summed E-state index contributed by atoms with van der Waals surface area (Å²) in [4.78, 5) is 13.5. The second-order valence-corrected chi connectivity index (χ2v) is 5.40. The fourth-order valence-electron chi connectivity index (χ4n) is 2.17. The summed E-state index contributed by atoms with van der Waals surface area (Å²) >= 11 is 0.